The first-order valence-electron chi connectivity index (χ1n) is 11.5. The Kier molecular flexibility index (Phi) is 10.5. The van der Waals surface area contributed by atoms with E-state index in [1.165, 1.54) is 42.5 Å². The summed E-state index contributed by atoms with van der Waals surface area (Å²) in [4.78, 5) is 10.8. The highest BCUT2D eigenvalue weighted by atomic mass is 35.5. The molecule has 0 aromatic heterocycles. The Labute approximate surface area is 223 Å². The number of aliphatic hydroxyl groups is 2. The number of hydrogen-bond donors (Lipinski definition) is 3. The molecule has 6 nitrogen and oxygen atoms in total. The summed E-state index contributed by atoms with van der Waals surface area (Å²) in [6.07, 6.45) is -2.74. The van der Waals surface area contributed by atoms with Gasteiger partial charge in [0.25, 0.3) is 0 Å². The summed E-state index contributed by atoms with van der Waals surface area (Å²) in [5.74, 6) is -1.69. The molecule has 198 valence electrons. The minimum absolute atomic E-state index is 0.173. The summed E-state index contributed by atoms with van der Waals surface area (Å²) in [7, 11) is 0. The third kappa shape index (κ3) is 8.86. The van der Waals surface area contributed by atoms with E-state index in [1.54, 1.807) is 18.2 Å². The van der Waals surface area contributed by atoms with E-state index in [-0.39, 0.29) is 36.2 Å². The number of hydrogen-bond acceptors (Lipinski definition) is 5. The summed E-state index contributed by atoms with van der Waals surface area (Å²) in [6.45, 7) is -0.0610. The SMILES string of the molecule is O=C(O)C[C@H](O)C[C@H](O)COc1c(Cl)cc(Cl)cc1C(CCOc1ccc(F)cc1)c1ccc(F)cc1. The molecule has 0 fully saturated rings. The Morgan fingerprint density at radius 3 is 2.14 bits per heavy atom. The van der Waals surface area contributed by atoms with E-state index >= 15 is 0 Å². The molecule has 0 aliphatic rings. The van der Waals surface area contributed by atoms with Gasteiger partial charge >= 0.3 is 5.97 Å². The molecule has 0 saturated carbocycles. The zero-order valence-electron chi connectivity index (χ0n) is 19.6. The minimum atomic E-state index is -1.24. The normalized spacial score (nSPS) is 13.6. The fourth-order valence-electron chi connectivity index (χ4n) is 3.86. The predicted molar refractivity (Wildman–Crippen MR) is 136 cm³/mol. The van der Waals surface area contributed by atoms with Crippen LogP contribution in [-0.4, -0.2) is 46.7 Å². The molecular weight excluding hydrogens is 529 g/mol. The molecular formula is C27H26Cl2F2O6. The maximum atomic E-state index is 13.7. The molecule has 0 bridgehead atoms. The van der Waals surface area contributed by atoms with E-state index in [9.17, 15) is 23.8 Å². The zero-order chi connectivity index (χ0) is 26.9. The van der Waals surface area contributed by atoms with Gasteiger partial charge in [0, 0.05) is 22.9 Å². The van der Waals surface area contributed by atoms with Crippen LogP contribution in [0.3, 0.4) is 0 Å². The van der Waals surface area contributed by atoms with E-state index in [2.05, 4.69) is 0 Å². The largest absolute Gasteiger partial charge is 0.494 e. The maximum absolute atomic E-state index is 13.7. The van der Waals surface area contributed by atoms with Crippen molar-refractivity contribution < 1.29 is 38.4 Å². The first kappa shape index (κ1) is 28.7. The highest BCUT2D eigenvalue weighted by molar-refractivity contribution is 6.35. The van der Waals surface area contributed by atoms with Crippen molar-refractivity contribution in [1.29, 1.82) is 0 Å². The number of aliphatic carboxylic acids is 1. The van der Waals surface area contributed by atoms with Gasteiger partial charge < -0.3 is 24.8 Å². The number of carboxylic acid groups (broad SMARTS) is 1. The molecule has 3 atom stereocenters. The van der Waals surface area contributed by atoms with Crippen LogP contribution in [0.2, 0.25) is 10.0 Å². The molecule has 1 unspecified atom stereocenters. The number of ether oxygens (including phenoxy) is 2. The lowest BCUT2D eigenvalue weighted by Crippen LogP contribution is -2.26. The van der Waals surface area contributed by atoms with Gasteiger partial charge in [-0.05, 0) is 60.5 Å². The second kappa shape index (κ2) is 13.6. The van der Waals surface area contributed by atoms with Gasteiger partial charge in [-0.25, -0.2) is 8.78 Å². The number of benzene rings is 3. The smallest absolute Gasteiger partial charge is 0.305 e. The van der Waals surface area contributed by atoms with Gasteiger partial charge in [0.15, 0.2) is 0 Å². The van der Waals surface area contributed by atoms with Crippen LogP contribution in [0.5, 0.6) is 11.5 Å². The number of rotatable bonds is 13. The second-order valence-electron chi connectivity index (χ2n) is 8.45. The van der Waals surface area contributed by atoms with Gasteiger partial charge in [-0.1, -0.05) is 35.3 Å². The Morgan fingerprint density at radius 2 is 1.51 bits per heavy atom. The fourth-order valence-corrected chi connectivity index (χ4v) is 4.42. The highest BCUT2D eigenvalue weighted by Gasteiger charge is 2.24. The van der Waals surface area contributed by atoms with Gasteiger partial charge in [0.1, 0.15) is 29.7 Å². The van der Waals surface area contributed by atoms with E-state index in [0.29, 0.717) is 22.8 Å². The average Bonchev–Trinajstić information content (AvgIpc) is 2.82. The van der Waals surface area contributed by atoms with Crippen LogP contribution in [0.4, 0.5) is 8.78 Å². The maximum Gasteiger partial charge on any atom is 0.305 e. The van der Waals surface area contributed by atoms with Crippen LogP contribution in [-0.2, 0) is 4.79 Å². The zero-order valence-corrected chi connectivity index (χ0v) is 21.1. The van der Waals surface area contributed by atoms with Crippen LogP contribution in [0, 0.1) is 11.6 Å². The van der Waals surface area contributed by atoms with Crippen molar-refractivity contribution in [2.45, 2.75) is 37.4 Å². The Bertz CT molecular complexity index is 1170. The molecule has 3 aromatic carbocycles. The molecule has 0 aliphatic carbocycles. The quantitative estimate of drug-likeness (QED) is 0.245. The standard InChI is InChI=1S/C27H26Cl2F2O6/c28-17-11-24(27(25(29)12-17)37-15-21(33)13-20(32)14-26(34)35)23(16-1-3-18(30)4-2-16)9-10-36-22-7-5-19(31)6-8-22/h1-8,11-12,20-21,23,32-33H,9-10,13-15H2,(H,34,35)/t20-,21+,23?/m1/s1. The Morgan fingerprint density at radius 1 is 0.892 bits per heavy atom. The van der Waals surface area contributed by atoms with Crippen LogP contribution < -0.4 is 9.47 Å². The minimum Gasteiger partial charge on any atom is -0.494 e. The van der Waals surface area contributed by atoms with Gasteiger partial charge in [0.05, 0.1) is 30.3 Å². The lowest BCUT2D eigenvalue weighted by molar-refractivity contribution is -0.139. The highest BCUT2D eigenvalue weighted by Crippen LogP contribution is 2.41. The summed E-state index contributed by atoms with van der Waals surface area (Å²) >= 11 is 12.7. The van der Waals surface area contributed by atoms with Crippen molar-refractivity contribution >= 4 is 29.2 Å². The molecule has 0 aliphatic heterocycles. The third-order valence-electron chi connectivity index (χ3n) is 5.55. The molecule has 37 heavy (non-hydrogen) atoms. The first-order valence-corrected chi connectivity index (χ1v) is 12.2. The molecule has 0 radical (unpaired) electrons. The first-order chi connectivity index (χ1) is 17.6. The van der Waals surface area contributed by atoms with Gasteiger partial charge in [0.2, 0.25) is 0 Å². The summed E-state index contributed by atoms with van der Waals surface area (Å²) < 4.78 is 38.5. The molecule has 3 N–H and O–H groups in total. The molecule has 3 rings (SSSR count). The van der Waals surface area contributed by atoms with Crippen molar-refractivity contribution in [2.24, 2.45) is 0 Å². The van der Waals surface area contributed by atoms with Crippen LogP contribution in [0.15, 0.2) is 60.7 Å². The van der Waals surface area contributed by atoms with Crippen LogP contribution >= 0.6 is 23.2 Å². The second-order valence-corrected chi connectivity index (χ2v) is 9.30. The van der Waals surface area contributed by atoms with Gasteiger partial charge in [-0.2, -0.15) is 0 Å². The number of aliphatic hydroxyl groups excluding tert-OH is 2. The molecule has 0 amide bonds. The monoisotopic (exact) mass is 554 g/mol. The predicted octanol–water partition coefficient (Wildman–Crippen LogP) is 5.84. The van der Waals surface area contributed by atoms with Crippen molar-refractivity contribution in [3.05, 3.63) is 93.5 Å². The summed E-state index contributed by atoms with van der Waals surface area (Å²) in [6, 6.07) is 14.6. The molecule has 10 heteroatoms. The van der Waals surface area contributed by atoms with Crippen LogP contribution in [0.25, 0.3) is 0 Å². The third-order valence-corrected chi connectivity index (χ3v) is 6.05. The lowest BCUT2D eigenvalue weighted by Gasteiger charge is -2.24. The Hall–Kier alpha value is -2.91. The van der Waals surface area contributed by atoms with E-state index in [0.717, 1.165) is 5.56 Å². The van der Waals surface area contributed by atoms with Crippen molar-refractivity contribution in [1.82, 2.24) is 0 Å². The Balaban J connectivity index is 1.84. The average molecular weight is 555 g/mol. The summed E-state index contributed by atoms with van der Waals surface area (Å²) in [5, 5.41) is 29.4. The lowest BCUT2D eigenvalue weighted by atomic mass is 9.88. The van der Waals surface area contributed by atoms with Gasteiger partial charge in [-0.15, -0.1) is 0 Å². The van der Waals surface area contributed by atoms with E-state index in [4.69, 9.17) is 37.8 Å². The van der Waals surface area contributed by atoms with Crippen molar-refractivity contribution in [3.8, 4) is 11.5 Å². The van der Waals surface area contributed by atoms with Crippen molar-refractivity contribution in [2.75, 3.05) is 13.2 Å². The summed E-state index contributed by atoms with van der Waals surface area (Å²) in [5.41, 5.74) is 1.29. The molecule has 0 spiro atoms. The fraction of sp³-hybridized carbons (Fsp3) is 0.296. The van der Waals surface area contributed by atoms with Crippen molar-refractivity contribution in [3.63, 3.8) is 0 Å². The van der Waals surface area contributed by atoms with E-state index < -0.39 is 36.3 Å². The number of carbonyl (C=O) groups is 1. The van der Waals surface area contributed by atoms with Gasteiger partial charge in [-0.3, -0.25) is 4.79 Å². The molecule has 3 aromatic rings. The van der Waals surface area contributed by atoms with Crippen LogP contribution in [0.1, 0.15) is 36.3 Å². The number of halogens is 4. The topological polar surface area (TPSA) is 96.2 Å². The number of carboxylic acids is 1. The van der Waals surface area contributed by atoms with E-state index in [1.807, 2.05) is 0 Å². The molecule has 0 heterocycles. The molecule has 0 saturated heterocycles.